The third-order valence-corrected chi connectivity index (χ3v) is 3.50. The van der Waals surface area contributed by atoms with Gasteiger partial charge in [-0.15, -0.1) is 0 Å². The summed E-state index contributed by atoms with van der Waals surface area (Å²) >= 11 is 0. The molecule has 0 unspecified atom stereocenters. The molecule has 1 N–H and O–H groups in total. The number of benzene rings is 2. The summed E-state index contributed by atoms with van der Waals surface area (Å²) in [5, 5.41) is 2.72. The fraction of sp³-hybridized carbons (Fsp3) is 0.300. The molecule has 0 aliphatic rings. The van der Waals surface area contributed by atoms with Gasteiger partial charge in [0.25, 0.3) is 5.91 Å². The fourth-order valence-electron chi connectivity index (χ4n) is 2.13. The van der Waals surface area contributed by atoms with Gasteiger partial charge in [0.15, 0.2) is 6.10 Å². The third-order valence-electron chi connectivity index (χ3n) is 3.50. The number of carbonyl (C=O) groups is 2. The zero-order valence-corrected chi connectivity index (χ0v) is 14.5. The number of esters is 1. The van der Waals surface area contributed by atoms with Crippen LogP contribution in [-0.4, -0.2) is 18.0 Å². The lowest BCUT2D eigenvalue weighted by molar-refractivity contribution is -0.153. The molecular weight excluding hydrogens is 318 g/mol. The van der Waals surface area contributed by atoms with Gasteiger partial charge in [0.2, 0.25) is 0 Å². The first kappa shape index (κ1) is 18.5. The van der Waals surface area contributed by atoms with Crippen molar-refractivity contribution in [2.45, 2.75) is 39.4 Å². The lowest BCUT2D eigenvalue weighted by Gasteiger charge is -2.13. The Morgan fingerprint density at radius 3 is 2.36 bits per heavy atom. The molecule has 132 valence electrons. The van der Waals surface area contributed by atoms with E-state index in [-0.39, 0.29) is 11.9 Å². The van der Waals surface area contributed by atoms with Crippen LogP contribution in [0, 0.1) is 0 Å². The molecule has 0 bridgehead atoms. The second-order valence-electron chi connectivity index (χ2n) is 5.67. The molecule has 2 aromatic rings. The Hall–Kier alpha value is -2.82. The molecule has 0 fully saturated rings. The summed E-state index contributed by atoms with van der Waals surface area (Å²) < 4.78 is 10.8. The van der Waals surface area contributed by atoms with E-state index in [2.05, 4.69) is 5.32 Å². The van der Waals surface area contributed by atoms with Crippen molar-refractivity contribution in [1.29, 1.82) is 0 Å². The Kier molecular flexibility index (Phi) is 7.01. The van der Waals surface area contributed by atoms with Crippen LogP contribution in [0.4, 0.5) is 5.69 Å². The molecule has 0 saturated heterocycles. The summed E-state index contributed by atoms with van der Waals surface area (Å²) in [5.74, 6) is -0.0125. The molecule has 0 heterocycles. The Bertz CT molecular complexity index is 683. The largest absolute Gasteiger partial charge is 0.489 e. The average Bonchev–Trinajstić information content (AvgIpc) is 2.62. The maximum absolute atomic E-state index is 12.0. The summed E-state index contributed by atoms with van der Waals surface area (Å²) in [4.78, 5) is 23.5. The van der Waals surface area contributed by atoms with Crippen LogP contribution in [0.1, 0.15) is 32.3 Å². The Labute approximate surface area is 148 Å². The second-order valence-corrected chi connectivity index (χ2v) is 5.67. The molecule has 2 rings (SSSR count). The zero-order chi connectivity index (χ0) is 18.1. The number of anilines is 1. The SMILES string of the molecule is CCCC(=O)O[C@@H](C)C(=O)Nc1ccc(OCc2ccccc2)cc1. The van der Waals surface area contributed by atoms with Crippen molar-refractivity contribution in [2.75, 3.05) is 5.32 Å². The molecule has 0 aliphatic heterocycles. The van der Waals surface area contributed by atoms with Gasteiger partial charge in [-0.1, -0.05) is 37.3 Å². The number of hydrogen-bond donors (Lipinski definition) is 1. The smallest absolute Gasteiger partial charge is 0.306 e. The third kappa shape index (κ3) is 6.30. The van der Waals surface area contributed by atoms with Gasteiger partial charge in [0.05, 0.1) is 0 Å². The van der Waals surface area contributed by atoms with Crippen LogP contribution in [0.15, 0.2) is 54.6 Å². The van der Waals surface area contributed by atoms with E-state index >= 15 is 0 Å². The van der Waals surface area contributed by atoms with Crippen LogP contribution in [0.2, 0.25) is 0 Å². The van der Waals surface area contributed by atoms with Crippen molar-refractivity contribution in [3.05, 3.63) is 60.2 Å². The predicted molar refractivity (Wildman–Crippen MR) is 96.3 cm³/mol. The van der Waals surface area contributed by atoms with E-state index in [0.29, 0.717) is 30.9 Å². The van der Waals surface area contributed by atoms with Crippen molar-refractivity contribution in [2.24, 2.45) is 0 Å². The van der Waals surface area contributed by atoms with Crippen LogP contribution >= 0.6 is 0 Å². The average molecular weight is 341 g/mol. The number of hydrogen-bond acceptors (Lipinski definition) is 4. The maximum atomic E-state index is 12.0. The van der Waals surface area contributed by atoms with Gasteiger partial charge in [0, 0.05) is 12.1 Å². The van der Waals surface area contributed by atoms with Gasteiger partial charge < -0.3 is 14.8 Å². The van der Waals surface area contributed by atoms with Crippen LogP contribution in [0.5, 0.6) is 5.75 Å². The molecule has 0 aromatic heterocycles. The van der Waals surface area contributed by atoms with Gasteiger partial charge in [0.1, 0.15) is 12.4 Å². The molecule has 2 aromatic carbocycles. The number of rotatable bonds is 8. The molecule has 1 amide bonds. The number of nitrogens with one attached hydrogen (secondary N) is 1. The summed E-state index contributed by atoms with van der Waals surface area (Å²) in [6, 6.07) is 16.9. The normalized spacial score (nSPS) is 11.4. The van der Waals surface area contributed by atoms with Crippen molar-refractivity contribution in [3.63, 3.8) is 0 Å². The number of carbonyl (C=O) groups excluding carboxylic acids is 2. The highest BCUT2D eigenvalue weighted by molar-refractivity contribution is 5.95. The van der Waals surface area contributed by atoms with Crippen LogP contribution in [0.25, 0.3) is 0 Å². The zero-order valence-electron chi connectivity index (χ0n) is 14.5. The second kappa shape index (κ2) is 9.47. The minimum atomic E-state index is -0.826. The van der Waals surface area contributed by atoms with Crippen molar-refractivity contribution in [3.8, 4) is 5.75 Å². The Balaban J connectivity index is 1.83. The van der Waals surface area contributed by atoms with Gasteiger partial charge in [-0.25, -0.2) is 0 Å². The maximum Gasteiger partial charge on any atom is 0.306 e. The fourth-order valence-corrected chi connectivity index (χ4v) is 2.13. The quantitative estimate of drug-likeness (QED) is 0.739. The standard InChI is InChI=1S/C20H23NO4/c1-3-7-19(22)25-15(2)20(23)21-17-10-12-18(13-11-17)24-14-16-8-5-4-6-9-16/h4-6,8-13,15H,3,7,14H2,1-2H3,(H,21,23)/t15-/m0/s1. The van der Waals surface area contributed by atoms with E-state index in [9.17, 15) is 9.59 Å². The summed E-state index contributed by atoms with van der Waals surface area (Å²) in [6.45, 7) is 3.92. The summed E-state index contributed by atoms with van der Waals surface area (Å²) in [5.41, 5.74) is 1.71. The van der Waals surface area contributed by atoms with Gasteiger partial charge >= 0.3 is 5.97 Å². The molecule has 0 radical (unpaired) electrons. The van der Waals surface area contributed by atoms with E-state index in [1.165, 1.54) is 0 Å². The molecule has 0 spiro atoms. The molecule has 5 heteroatoms. The first-order valence-corrected chi connectivity index (χ1v) is 8.35. The topological polar surface area (TPSA) is 64.6 Å². The van der Waals surface area contributed by atoms with E-state index < -0.39 is 6.10 Å². The number of amides is 1. The van der Waals surface area contributed by atoms with E-state index in [4.69, 9.17) is 9.47 Å². The lowest BCUT2D eigenvalue weighted by atomic mass is 10.2. The van der Waals surface area contributed by atoms with Crippen molar-refractivity contribution in [1.82, 2.24) is 0 Å². The van der Waals surface area contributed by atoms with Crippen molar-refractivity contribution >= 4 is 17.6 Å². The van der Waals surface area contributed by atoms with E-state index in [1.807, 2.05) is 37.3 Å². The number of ether oxygens (including phenoxy) is 2. The molecule has 5 nitrogen and oxygen atoms in total. The first-order chi connectivity index (χ1) is 12.1. The van der Waals surface area contributed by atoms with E-state index in [0.717, 1.165) is 5.56 Å². The van der Waals surface area contributed by atoms with Gasteiger partial charge in [-0.05, 0) is 43.2 Å². The first-order valence-electron chi connectivity index (χ1n) is 8.35. The Morgan fingerprint density at radius 2 is 1.72 bits per heavy atom. The molecular formula is C20H23NO4. The van der Waals surface area contributed by atoms with E-state index in [1.54, 1.807) is 31.2 Å². The van der Waals surface area contributed by atoms with Crippen LogP contribution < -0.4 is 10.1 Å². The minimum absolute atomic E-state index is 0.311. The Morgan fingerprint density at radius 1 is 1.04 bits per heavy atom. The molecule has 25 heavy (non-hydrogen) atoms. The molecule has 1 atom stereocenters. The van der Waals surface area contributed by atoms with Gasteiger partial charge in [-0.3, -0.25) is 9.59 Å². The highest BCUT2D eigenvalue weighted by atomic mass is 16.5. The highest BCUT2D eigenvalue weighted by Gasteiger charge is 2.17. The summed E-state index contributed by atoms with van der Waals surface area (Å²) in [7, 11) is 0. The monoisotopic (exact) mass is 341 g/mol. The van der Waals surface area contributed by atoms with Crippen LogP contribution in [-0.2, 0) is 20.9 Å². The van der Waals surface area contributed by atoms with Crippen molar-refractivity contribution < 1.29 is 19.1 Å². The molecule has 0 saturated carbocycles. The highest BCUT2D eigenvalue weighted by Crippen LogP contribution is 2.17. The molecule has 0 aliphatic carbocycles. The predicted octanol–water partition coefficient (Wildman–Crippen LogP) is 3.94. The minimum Gasteiger partial charge on any atom is -0.489 e. The lowest BCUT2D eigenvalue weighted by Crippen LogP contribution is -2.29. The summed E-state index contributed by atoms with van der Waals surface area (Å²) in [6.07, 6.45) is 0.177. The van der Waals surface area contributed by atoms with Gasteiger partial charge in [-0.2, -0.15) is 0 Å². The van der Waals surface area contributed by atoms with Crippen LogP contribution in [0.3, 0.4) is 0 Å².